The Hall–Kier alpha value is -2.80. The summed E-state index contributed by atoms with van der Waals surface area (Å²) in [7, 11) is 0. The van der Waals surface area contributed by atoms with Crippen LogP contribution < -0.4 is 10.2 Å². The van der Waals surface area contributed by atoms with Gasteiger partial charge < -0.3 is 15.1 Å². The van der Waals surface area contributed by atoms with Crippen molar-refractivity contribution in [3.63, 3.8) is 0 Å². The minimum Gasteiger partial charge on any atom is -0.347 e. The van der Waals surface area contributed by atoms with Crippen LogP contribution >= 0.6 is 11.8 Å². The molecule has 0 spiro atoms. The molecule has 2 aromatic rings. The van der Waals surface area contributed by atoms with Crippen molar-refractivity contribution in [2.45, 2.75) is 31.2 Å². The molecule has 1 N–H and O–H groups in total. The van der Waals surface area contributed by atoms with Crippen LogP contribution in [0.5, 0.6) is 0 Å². The molecule has 1 heterocycles. The van der Waals surface area contributed by atoms with E-state index in [1.54, 1.807) is 21.6 Å². The Morgan fingerprint density at radius 3 is 2.53 bits per heavy atom. The van der Waals surface area contributed by atoms with Gasteiger partial charge >= 0.3 is 0 Å². The second-order valence-electron chi connectivity index (χ2n) is 7.03. The Bertz CT molecular complexity index is 888. The monoisotopic (exact) mass is 425 g/mol. The fraction of sp³-hybridized carbons (Fsp3) is 0.348. The van der Waals surface area contributed by atoms with Gasteiger partial charge in [-0.1, -0.05) is 42.5 Å². The SMILES string of the molecule is CCN(Cc1ccccc1)C(=O)CNC(=O)CCC(=O)N1CCSc2ccccc21. The van der Waals surface area contributed by atoms with Gasteiger partial charge in [0.25, 0.3) is 0 Å². The van der Waals surface area contributed by atoms with Crippen LogP contribution in [0.15, 0.2) is 59.5 Å². The number of hydrogen-bond donors (Lipinski definition) is 1. The number of fused-ring (bicyclic) bond motifs is 1. The van der Waals surface area contributed by atoms with E-state index in [4.69, 9.17) is 0 Å². The Morgan fingerprint density at radius 2 is 1.77 bits per heavy atom. The molecule has 1 aliphatic rings. The van der Waals surface area contributed by atoms with E-state index in [2.05, 4.69) is 5.32 Å². The Balaban J connectivity index is 1.44. The summed E-state index contributed by atoms with van der Waals surface area (Å²) in [5, 5.41) is 2.66. The summed E-state index contributed by atoms with van der Waals surface area (Å²) in [5.41, 5.74) is 1.96. The summed E-state index contributed by atoms with van der Waals surface area (Å²) < 4.78 is 0. The van der Waals surface area contributed by atoms with Gasteiger partial charge in [0.2, 0.25) is 17.7 Å². The van der Waals surface area contributed by atoms with Gasteiger partial charge in [0.15, 0.2) is 0 Å². The summed E-state index contributed by atoms with van der Waals surface area (Å²) in [6.45, 7) is 3.57. The minimum absolute atomic E-state index is 0.0586. The van der Waals surface area contributed by atoms with Crippen LogP contribution in [0.3, 0.4) is 0 Å². The average molecular weight is 426 g/mol. The van der Waals surface area contributed by atoms with Gasteiger partial charge in [-0.15, -0.1) is 11.8 Å². The molecule has 0 saturated heterocycles. The standard InChI is InChI=1S/C23H27N3O3S/c1-2-25(17-18-8-4-3-5-9-18)23(29)16-24-21(27)12-13-22(28)26-14-15-30-20-11-7-6-10-19(20)26/h3-11H,2,12-17H2,1H3,(H,24,27). The topological polar surface area (TPSA) is 69.7 Å². The predicted molar refractivity (Wildman–Crippen MR) is 119 cm³/mol. The number of nitrogens with one attached hydrogen (secondary N) is 1. The molecular formula is C23H27N3O3S. The number of carbonyl (C=O) groups is 3. The van der Waals surface area contributed by atoms with Crippen LogP contribution in [-0.2, 0) is 20.9 Å². The van der Waals surface area contributed by atoms with E-state index in [0.717, 1.165) is 21.9 Å². The molecular weight excluding hydrogens is 398 g/mol. The van der Waals surface area contributed by atoms with E-state index in [0.29, 0.717) is 19.6 Å². The molecule has 3 amide bonds. The van der Waals surface area contributed by atoms with Crippen LogP contribution in [0.25, 0.3) is 0 Å². The fourth-order valence-corrected chi connectivity index (χ4v) is 4.33. The molecule has 7 heteroatoms. The van der Waals surface area contributed by atoms with Crippen molar-refractivity contribution < 1.29 is 14.4 Å². The Labute approximate surface area is 181 Å². The second kappa shape index (κ2) is 10.8. The van der Waals surface area contributed by atoms with Crippen molar-refractivity contribution in [1.29, 1.82) is 0 Å². The summed E-state index contributed by atoms with van der Waals surface area (Å²) >= 11 is 1.74. The van der Waals surface area contributed by atoms with Crippen molar-refractivity contribution in [3.8, 4) is 0 Å². The minimum atomic E-state index is -0.285. The zero-order valence-electron chi connectivity index (χ0n) is 17.2. The predicted octanol–water partition coefficient (Wildman–Crippen LogP) is 3.07. The smallest absolute Gasteiger partial charge is 0.242 e. The highest BCUT2D eigenvalue weighted by atomic mass is 32.2. The largest absolute Gasteiger partial charge is 0.347 e. The van der Waals surface area contributed by atoms with Gasteiger partial charge in [-0.25, -0.2) is 0 Å². The number of nitrogens with zero attached hydrogens (tertiary/aromatic N) is 2. The van der Waals surface area contributed by atoms with Crippen molar-refractivity contribution in [3.05, 3.63) is 60.2 Å². The fourth-order valence-electron chi connectivity index (χ4n) is 3.34. The maximum Gasteiger partial charge on any atom is 0.242 e. The molecule has 0 bridgehead atoms. The van der Waals surface area contributed by atoms with Crippen LogP contribution in [0.4, 0.5) is 5.69 Å². The van der Waals surface area contributed by atoms with Gasteiger partial charge in [-0.3, -0.25) is 14.4 Å². The van der Waals surface area contributed by atoms with E-state index in [9.17, 15) is 14.4 Å². The summed E-state index contributed by atoms with van der Waals surface area (Å²) in [6.07, 6.45) is 0.198. The molecule has 3 rings (SSSR count). The summed E-state index contributed by atoms with van der Waals surface area (Å²) in [5.74, 6) is 0.358. The van der Waals surface area contributed by atoms with Crippen LogP contribution in [0.2, 0.25) is 0 Å². The summed E-state index contributed by atoms with van der Waals surface area (Å²) in [6, 6.07) is 17.6. The zero-order valence-corrected chi connectivity index (χ0v) is 18.0. The molecule has 158 valence electrons. The lowest BCUT2D eigenvalue weighted by Crippen LogP contribution is -2.40. The number of thioether (sulfide) groups is 1. The number of para-hydroxylation sites is 1. The maximum absolute atomic E-state index is 12.6. The number of carbonyl (C=O) groups excluding carboxylic acids is 3. The summed E-state index contributed by atoms with van der Waals surface area (Å²) in [4.78, 5) is 41.8. The molecule has 0 fully saturated rings. The normalized spacial score (nSPS) is 12.8. The van der Waals surface area contributed by atoms with E-state index >= 15 is 0 Å². The van der Waals surface area contributed by atoms with Crippen molar-refractivity contribution >= 4 is 35.2 Å². The van der Waals surface area contributed by atoms with Crippen LogP contribution in [0, 0.1) is 0 Å². The molecule has 0 aromatic heterocycles. The highest BCUT2D eigenvalue weighted by Gasteiger charge is 2.23. The number of benzene rings is 2. The molecule has 0 aliphatic carbocycles. The third-order valence-corrected chi connectivity index (χ3v) is 6.03. The third-order valence-electron chi connectivity index (χ3n) is 4.98. The average Bonchev–Trinajstić information content (AvgIpc) is 2.79. The number of rotatable bonds is 8. The van der Waals surface area contributed by atoms with Gasteiger partial charge in [-0.2, -0.15) is 0 Å². The van der Waals surface area contributed by atoms with E-state index < -0.39 is 0 Å². The van der Waals surface area contributed by atoms with Gasteiger partial charge in [0.05, 0.1) is 12.2 Å². The zero-order chi connectivity index (χ0) is 21.3. The van der Waals surface area contributed by atoms with Crippen molar-refractivity contribution in [2.75, 3.05) is 30.3 Å². The Kier molecular flexibility index (Phi) is 7.90. The van der Waals surface area contributed by atoms with Gasteiger partial charge in [0, 0.05) is 43.1 Å². The quantitative estimate of drug-likeness (QED) is 0.706. The lowest BCUT2D eigenvalue weighted by atomic mass is 10.2. The first-order valence-corrected chi connectivity index (χ1v) is 11.2. The first-order valence-electron chi connectivity index (χ1n) is 10.2. The van der Waals surface area contributed by atoms with Crippen molar-refractivity contribution in [2.24, 2.45) is 0 Å². The van der Waals surface area contributed by atoms with Gasteiger partial charge in [-0.05, 0) is 24.6 Å². The Morgan fingerprint density at radius 1 is 1.03 bits per heavy atom. The molecule has 2 aromatic carbocycles. The number of hydrogen-bond acceptors (Lipinski definition) is 4. The maximum atomic E-state index is 12.6. The lowest BCUT2D eigenvalue weighted by Gasteiger charge is -2.29. The molecule has 0 unspecified atom stereocenters. The molecule has 0 atom stereocenters. The number of likely N-dealkylation sites (N-methyl/N-ethyl adjacent to an activating group) is 1. The van der Waals surface area contributed by atoms with Crippen LogP contribution in [-0.4, -0.2) is 48.0 Å². The third kappa shape index (κ3) is 5.86. The first-order chi connectivity index (χ1) is 14.6. The second-order valence-corrected chi connectivity index (χ2v) is 8.17. The molecule has 30 heavy (non-hydrogen) atoms. The van der Waals surface area contributed by atoms with E-state index in [-0.39, 0.29) is 37.1 Å². The number of amides is 3. The van der Waals surface area contributed by atoms with E-state index in [1.807, 2.05) is 61.5 Å². The highest BCUT2D eigenvalue weighted by molar-refractivity contribution is 7.99. The molecule has 6 nitrogen and oxygen atoms in total. The lowest BCUT2D eigenvalue weighted by molar-refractivity contribution is -0.133. The highest BCUT2D eigenvalue weighted by Crippen LogP contribution is 2.34. The molecule has 0 saturated carbocycles. The molecule has 0 radical (unpaired) electrons. The van der Waals surface area contributed by atoms with Gasteiger partial charge in [0.1, 0.15) is 0 Å². The van der Waals surface area contributed by atoms with Crippen LogP contribution in [0.1, 0.15) is 25.3 Å². The van der Waals surface area contributed by atoms with E-state index in [1.165, 1.54) is 0 Å². The van der Waals surface area contributed by atoms with Crippen molar-refractivity contribution in [1.82, 2.24) is 10.2 Å². The number of anilines is 1. The first kappa shape index (κ1) is 21.9. The molecule has 1 aliphatic heterocycles.